The molecule has 2 atom stereocenters. The number of nitrogens with two attached hydrogens (primary N) is 1. The van der Waals surface area contributed by atoms with Crippen molar-refractivity contribution in [2.75, 3.05) is 18.9 Å². The zero-order chi connectivity index (χ0) is 28.1. The number of anilines is 1. The standard InChI is InChI=1S/C28H41FN6O4/c1-3-5-6-7-8-9-10-11-12-13-14-15-21(36)31-18-23(37)38-19-28(4-2)17-16-22(39-28)35-20-32-24-25(30)33-27(29)34-26(24)35/h2,20,22H,3,5-19H2,1H3,(H,31,36)(H2,30,33,34). The summed E-state index contributed by atoms with van der Waals surface area (Å²) in [5, 5.41) is 2.61. The van der Waals surface area contributed by atoms with Crippen LogP contribution in [0.4, 0.5) is 10.2 Å². The van der Waals surface area contributed by atoms with Gasteiger partial charge in [-0.25, -0.2) is 4.98 Å². The minimum atomic E-state index is -1.16. The van der Waals surface area contributed by atoms with Crippen LogP contribution in [0.2, 0.25) is 0 Å². The minimum Gasteiger partial charge on any atom is -0.460 e. The molecule has 3 heterocycles. The normalized spacial score (nSPS) is 18.7. The summed E-state index contributed by atoms with van der Waals surface area (Å²) in [5.74, 6) is 1.73. The fourth-order valence-corrected chi connectivity index (χ4v) is 4.76. The highest BCUT2D eigenvalue weighted by atomic mass is 19.1. The van der Waals surface area contributed by atoms with Gasteiger partial charge in [0.05, 0.1) is 6.33 Å². The SMILES string of the molecule is C#CC1(COC(=O)CNC(=O)CCCCCCCCCCCCC)CCC(n2cnc3c(N)nc(F)nc32)O1. The monoisotopic (exact) mass is 544 g/mol. The lowest BCUT2D eigenvalue weighted by Gasteiger charge is -2.23. The van der Waals surface area contributed by atoms with E-state index < -0.39 is 23.9 Å². The summed E-state index contributed by atoms with van der Waals surface area (Å²) in [6, 6.07) is 0. The third kappa shape index (κ3) is 9.17. The van der Waals surface area contributed by atoms with Gasteiger partial charge in [0.15, 0.2) is 22.6 Å². The molecule has 3 rings (SSSR count). The quantitative estimate of drug-likeness (QED) is 0.128. The Morgan fingerprint density at radius 3 is 2.51 bits per heavy atom. The molecule has 2 aromatic heterocycles. The summed E-state index contributed by atoms with van der Waals surface area (Å²) < 4.78 is 26.6. The zero-order valence-electron chi connectivity index (χ0n) is 22.9. The molecule has 3 N–H and O–H groups in total. The maximum Gasteiger partial charge on any atom is 0.325 e. The van der Waals surface area contributed by atoms with Crippen molar-refractivity contribution in [3.8, 4) is 12.3 Å². The van der Waals surface area contributed by atoms with Crippen LogP contribution in [0.15, 0.2) is 6.33 Å². The molecule has 0 saturated carbocycles. The van der Waals surface area contributed by atoms with Gasteiger partial charge in [-0.05, 0) is 19.3 Å². The lowest BCUT2D eigenvalue weighted by atomic mass is 10.0. The minimum absolute atomic E-state index is 0.0723. The van der Waals surface area contributed by atoms with E-state index in [1.165, 1.54) is 62.3 Å². The molecule has 0 radical (unpaired) electrons. The van der Waals surface area contributed by atoms with Crippen LogP contribution < -0.4 is 11.1 Å². The Balaban J connectivity index is 1.30. The largest absolute Gasteiger partial charge is 0.460 e. The lowest BCUT2D eigenvalue weighted by Crippen LogP contribution is -2.37. The van der Waals surface area contributed by atoms with Crippen LogP contribution in [0, 0.1) is 18.4 Å². The predicted molar refractivity (Wildman–Crippen MR) is 146 cm³/mol. The molecular formula is C28H41FN6O4. The molecule has 0 aliphatic carbocycles. The Kier molecular flexibility index (Phi) is 11.9. The summed E-state index contributed by atoms with van der Waals surface area (Å²) in [6.07, 6.45) is 20.2. The Hall–Kier alpha value is -3.26. The molecule has 0 spiro atoms. The smallest absolute Gasteiger partial charge is 0.325 e. The van der Waals surface area contributed by atoms with Gasteiger partial charge in [-0.2, -0.15) is 14.4 Å². The number of aromatic nitrogens is 4. The Labute approximate surface area is 229 Å². The number of hydrogen-bond acceptors (Lipinski definition) is 8. The van der Waals surface area contributed by atoms with Crippen molar-refractivity contribution in [1.29, 1.82) is 0 Å². The van der Waals surface area contributed by atoms with Crippen molar-refractivity contribution in [3.63, 3.8) is 0 Å². The van der Waals surface area contributed by atoms with Crippen molar-refractivity contribution in [2.24, 2.45) is 0 Å². The number of carbonyl (C=O) groups excluding carboxylic acids is 2. The molecule has 2 unspecified atom stereocenters. The molecule has 1 aliphatic heterocycles. The molecule has 0 aromatic carbocycles. The van der Waals surface area contributed by atoms with Crippen LogP contribution in [-0.2, 0) is 19.1 Å². The number of imidazole rings is 1. The highest BCUT2D eigenvalue weighted by molar-refractivity contribution is 5.82. The van der Waals surface area contributed by atoms with Crippen LogP contribution >= 0.6 is 0 Å². The maximum atomic E-state index is 13.7. The molecule has 39 heavy (non-hydrogen) atoms. The Morgan fingerprint density at radius 2 is 1.85 bits per heavy atom. The van der Waals surface area contributed by atoms with E-state index in [-0.39, 0.29) is 36.0 Å². The first-order valence-electron chi connectivity index (χ1n) is 14.1. The molecule has 1 aliphatic rings. The predicted octanol–water partition coefficient (Wildman–Crippen LogP) is 4.59. The molecule has 1 fully saturated rings. The molecule has 11 heteroatoms. The van der Waals surface area contributed by atoms with Gasteiger partial charge >= 0.3 is 12.0 Å². The molecular weight excluding hydrogens is 503 g/mol. The van der Waals surface area contributed by atoms with Crippen molar-refractivity contribution in [3.05, 3.63) is 12.4 Å². The van der Waals surface area contributed by atoms with Crippen LogP contribution in [0.5, 0.6) is 0 Å². The second-order valence-electron chi connectivity index (χ2n) is 10.2. The second kappa shape index (κ2) is 15.4. The van der Waals surface area contributed by atoms with E-state index in [1.54, 1.807) is 0 Å². The van der Waals surface area contributed by atoms with E-state index in [9.17, 15) is 14.0 Å². The van der Waals surface area contributed by atoms with Gasteiger partial charge in [0.2, 0.25) is 5.91 Å². The summed E-state index contributed by atoms with van der Waals surface area (Å²) in [6.45, 7) is 1.82. The third-order valence-electron chi connectivity index (χ3n) is 7.05. The second-order valence-corrected chi connectivity index (χ2v) is 10.2. The fraction of sp³-hybridized carbons (Fsp3) is 0.679. The third-order valence-corrected chi connectivity index (χ3v) is 7.05. The number of rotatable bonds is 17. The van der Waals surface area contributed by atoms with Crippen molar-refractivity contribution in [1.82, 2.24) is 24.8 Å². The van der Waals surface area contributed by atoms with Crippen LogP contribution in [0.25, 0.3) is 11.2 Å². The zero-order valence-corrected chi connectivity index (χ0v) is 22.9. The molecule has 10 nitrogen and oxygen atoms in total. The number of halogens is 1. The Bertz CT molecular complexity index is 1130. The van der Waals surface area contributed by atoms with Gasteiger partial charge in [-0.15, -0.1) is 6.42 Å². The number of carbonyl (C=O) groups is 2. The number of unbranched alkanes of at least 4 members (excludes halogenated alkanes) is 10. The first kappa shape index (κ1) is 30.3. The number of terminal acetylenes is 1. The number of esters is 1. The van der Waals surface area contributed by atoms with Gasteiger partial charge < -0.3 is 20.5 Å². The molecule has 1 saturated heterocycles. The number of fused-ring (bicyclic) bond motifs is 1. The highest BCUT2D eigenvalue weighted by Crippen LogP contribution is 2.37. The van der Waals surface area contributed by atoms with Gasteiger partial charge in [-0.1, -0.05) is 77.1 Å². The topological polar surface area (TPSA) is 134 Å². The van der Waals surface area contributed by atoms with Crippen molar-refractivity contribution >= 4 is 28.9 Å². The van der Waals surface area contributed by atoms with Crippen molar-refractivity contribution in [2.45, 2.75) is 109 Å². The van der Waals surface area contributed by atoms with Gasteiger partial charge in [0.25, 0.3) is 0 Å². The maximum absolute atomic E-state index is 13.7. The van der Waals surface area contributed by atoms with Gasteiger partial charge in [-0.3, -0.25) is 14.2 Å². The average molecular weight is 545 g/mol. The molecule has 2 aromatic rings. The lowest BCUT2D eigenvalue weighted by molar-refractivity contribution is -0.152. The van der Waals surface area contributed by atoms with E-state index in [1.807, 2.05) is 0 Å². The average Bonchev–Trinajstić information content (AvgIpc) is 3.54. The van der Waals surface area contributed by atoms with Gasteiger partial charge in [0, 0.05) is 6.42 Å². The number of nitrogens with one attached hydrogen (secondary N) is 1. The number of nitrogens with zero attached hydrogens (tertiary/aromatic N) is 4. The van der Waals surface area contributed by atoms with E-state index >= 15 is 0 Å². The molecule has 0 bridgehead atoms. The molecule has 1 amide bonds. The summed E-state index contributed by atoms with van der Waals surface area (Å²) in [7, 11) is 0. The van der Waals surface area contributed by atoms with E-state index in [0.29, 0.717) is 19.3 Å². The summed E-state index contributed by atoms with van der Waals surface area (Å²) in [4.78, 5) is 35.7. The number of ether oxygens (including phenoxy) is 2. The van der Waals surface area contributed by atoms with Crippen molar-refractivity contribution < 1.29 is 23.5 Å². The van der Waals surface area contributed by atoms with Crippen LogP contribution in [0.1, 0.15) is 103 Å². The fourth-order valence-electron chi connectivity index (χ4n) is 4.76. The molecule has 214 valence electrons. The van der Waals surface area contributed by atoms with Crippen LogP contribution in [0.3, 0.4) is 0 Å². The summed E-state index contributed by atoms with van der Waals surface area (Å²) >= 11 is 0. The number of amides is 1. The van der Waals surface area contributed by atoms with Crippen LogP contribution in [-0.4, -0.2) is 50.1 Å². The first-order valence-corrected chi connectivity index (χ1v) is 14.1. The number of hydrogen-bond donors (Lipinski definition) is 2. The van der Waals surface area contributed by atoms with Gasteiger partial charge in [0.1, 0.15) is 19.4 Å². The van der Waals surface area contributed by atoms with E-state index in [0.717, 1.165) is 19.3 Å². The van der Waals surface area contributed by atoms with E-state index in [4.69, 9.17) is 21.6 Å². The Morgan fingerprint density at radius 1 is 1.18 bits per heavy atom. The summed E-state index contributed by atoms with van der Waals surface area (Å²) in [5.41, 5.74) is 5.01. The highest BCUT2D eigenvalue weighted by Gasteiger charge is 2.41. The first-order chi connectivity index (χ1) is 18.9. The number of nitrogen functional groups attached to an aromatic ring is 1. The van der Waals surface area contributed by atoms with E-state index in [2.05, 4.69) is 33.1 Å².